The Labute approximate surface area is 134 Å². The average molecular weight is 304 g/mol. The van der Waals surface area contributed by atoms with E-state index in [-0.39, 0.29) is 5.82 Å². The predicted molar refractivity (Wildman–Crippen MR) is 91.1 cm³/mol. The molecular formula is C19H29FN2. The Morgan fingerprint density at radius 1 is 1.23 bits per heavy atom. The monoisotopic (exact) mass is 304 g/mol. The van der Waals surface area contributed by atoms with E-state index in [1.165, 1.54) is 24.9 Å². The van der Waals surface area contributed by atoms with Crippen LogP contribution in [0.5, 0.6) is 0 Å². The number of fused-ring (bicyclic) bond motifs is 1. The van der Waals surface area contributed by atoms with Gasteiger partial charge in [-0.25, -0.2) is 4.39 Å². The van der Waals surface area contributed by atoms with Crippen LogP contribution in [0.3, 0.4) is 0 Å². The van der Waals surface area contributed by atoms with Crippen molar-refractivity contribution in [2.24, 2.45) is 5.92 Å². The number of benzene rings is 1. The Bertz CT molecular complexity index is 528. The van der Waals surface area contributed by atoms with Crippen LogP contribution >= 0.6 is 0 Å². The first kappa shape index (κ1) is 15.8. The van der Waals surface area contributed by atoms with Crippen molar-refractivity contribution in [3.8, 4) is 0 Å². The molecule has 2 nitrogen and oxygen atoms in total. The largest absolute Gasteiger partial charge is 0.368 e. The second-order valence-electron chi connectivity index (χ2n) is 7.33. The first-order chi connectivity index (χ1) is 10.5. The molecule has 1 saturated heterocycles. The van der Waals surface area contributed by atoms with Crippen molar-refractivity contribution in [1.29, 1.82) is 0 Å². The van der Waals surface area contributed by atoms with Crippen LogP contribution in [0.15, 0.2) is 18.2 Å². The number of rotatable bonds is 3. The fraction of sp³-hybridized carbons (Fsp3) is 0.684. The molecule has 0 N–H and O–H groups in total. The second-order valence-corrected chi connectivity index (χ2v) is 7.33. The lowest BCUT2D eigenvalue weighted by molar-refractivity contribution is 0.113. The van der Waals surface area contributed by atoms with Crippen molar-refractivity contribution in [2.45, 2.75) is 58.5 Å². The van der Waals surface area contributed by atoms with Gasteiger partial charge in [0.25, 0.3) is 0 Å². The van der Waals surface area contributed by atoms with Crippen LogP contribution in [0.2, 0.25) is 0 Å². The minimum absolute atomic E-state index is 0.113. The maximum absolute atomic E-state index is 13.7. The molecule has 1 aromatic carbocycles. The third-order valence-corrected chi connectivity index (χ3v) is 5.74. The Balaban J connectivity index is 1.87. The summed E-state index contributed by atoms with van der Waals surface area (Å²) in [5, 5.41) is 0. The maximum Gasteiger partial charge on any atom is 0.125 e. The third kappa shape index (κ3) is 2.76. The summed E-state index contributed by atoms with van der Waals surface area (Å²) in [6.45, 7) is 12.4. The Kier molecular flexibility index (Phi) is 4.44. The van der Waals surface area contributed by atoms with E-state index in [2.05, 4.69) is 37.5 Å². The minimum atomic E-state index is -0.113. The number of anilines is 1. The average Bonchev–Trinajstić information content (AvgIpc) is 2.86. The van der Waals surface area contributed by atoms with Crippen LogP contribution in [-0.4, -0.2) is 36.6 Å². The maximum atomic E-state index is 13.7. The van der Waals surface area contributed by atoms with E-state index in [9.17, 15) is 4.39 Å². The highest BCUT2D eigenvalue weighted by atomic mass is 19.1. The zero-order chi connectivity index (χ0) is 15.9. The zero-order valence-corrected chi connectivity index (χ0v) is 14.3. The molecule has 0 saturated carbocycles. The summed E-state index contributed by atoms with van der Waals surface area (Å²) in [7, 11) is 0. The van der Waals surface area contributed by atoms with Gasteiger partial charge in [0.15, 0.2) is 0 Å². The van der Waals surface area contributed by atoms with Crippen LogP contribution in [0.1, 0.15) is 52.0 Å². The summed E-state index contributed by atoms with van der Waals surface area (Å²) >= 11 is 0. The van der Waals surface area contributed by atoms with E-state index in [1.807, 2.05) is 6.07 Å². The van der Waals surface area contributed by atoms with Gasteiger partial charge >= 0.3 is 0 Å². The molecule has 0 radical (unpaired) electrons. The minimum Gasteiger partial charge on any atom is -0.368 e. The molecule has 0 bridgehead atoms. The highest BCUT2D eigenvalue weighted by molar-refractivity contribution is 5.61. The highest BCUT2D eigenvalue weighted by Crippen LogP contribution is 2.44. The Hall–Kier alpha value is -1.09. The molecule has 3 rings (SSSR count). The third-order valence-electron chi connectivity index (χ3n) is 5.74. The predicted octanol–water partition coefficient (Wildman–Crippen LogP) is 4.26. The van der Waals surface area contributed by atoms with Gasteiger partial charge in [0.1, 0.15) is 5.82 Å². The van der Waals surface area contributed by atoms with Crippen molar-refractivity contribution in [3.05, 3.63) is 29.6 Å². The summed E-state index contributed by atoms with van der Waals surface area (Å²) in [5.41, 5.74) is 2.49. The molecule has 2 aliphatic rings. The number of likely N-dealkylation sites (tertiary alicyclic amines) is 1. The van der Waals surface area contributed by atoms with Gasteiger partial charge in [0, 0.05) is 36.8 Å². The van der Waals surface area contributed by atoms with E-state index < -0.39 is 0 Å². The number of hydrogen-bond donors (Lipinski definition) is 0. The van der Waals surface area contributed by atoms with Gasteiger partial charge in [-0.15, -0.1) is 0 Å². The molecule has 2 heterocycles. The number of nitrogens with zero attached hydrogens (tertiary/aromatic N) is 2. The van der Waals surface area contributed by atoms with Crippen LogP contribution in [-0.2, 0) is 0 Å². The molecule has 0 aliphatic carbocycles. The van der Waals surface area contributed by atoms with Crippen molar-refractivity contribution < 1.29 is 4.39 Å². The molecule has 22 heavy (non-hydrogen) atoms. The second kappa shape index (κ2) is 6.19. The molecule has 0 amide bonds. The normalized spacial score (nSPS) is 29.2. The quantitative estimate of drug-likeness (QED) is 0.823. The number of hydrogen-bond acceptors (Lipinski definition) is 2. The van der Waals surface area contributed by atoms with Gasteiger partial charge in [-0.2, -0.15) is 0 Å². The van der Waals surface area contributed by atoms with Gasteiger partial charge in [0.05, 0.1) is 0 Å². The number of piperidine rings is 1. The fourth-order valence-corrected chi connectivity index (χ4v) is 4.36. The lowest BCUT2D eigenvalue weighted by Gasteiger charge is -2.40. The lowest BCUT2D eigenvalue weighted by Crippen LogP contribution is -2.44. The van der Waals surface area contributed by atoms with Crippen molar-refractivity contribution in [3.63, 3.8) is 0 Å². The van der Waals surface area contributed by atoms with Crippen LogP contribution in [0.4, 0.5) is 10.1 Å². The van der Waals surface area contributed by atoms with E-state index in [0.717, 1.165) is 18.8 Å². The summed E-state index contributed by atoms with van der Waals surface area (Å²) in [6, 6.07) is 6.54. The first-order valence-corrected chi connectivity index (χ1v) is 8.81. The van der Waals surface area contributed by atoms with Gasteiger partial charge in [0.2, 0.25) is 0 Å². The van der Waals surface area contributed by atoms with Gasteiger partial charge in [-0.3, -0.25) is 0 Å². The molecule has 2 aliphatic heterocycles. The molecule has 0 aromatic heterocycles. The zero-order valence-electron chi connectivity index (χ0n) is 14.3. The standard InChI is InChI=1S/C19H29FN2/c1-5-21-11-15(7-6-14(21)4)18-12-22(13(2)3)19-10-16(20)8-9-17(18)19/h8-10,13-15,18H,5-7,11-12H2,1-4H3/t14-,15-,18?/m1/s1. The summed E-state index contributed by atoms with van der Waals surface area (Å²) in [5.74, 6) is 1.14. The number of halogens is 1. The van der Waals surface area contributed by atoms with Gasteiger partial charge < -0.3 is 9.80 Å². The molecule has 1 unspecified atom stereocenters. The Morgan fingerprint density at radius 2 is 2.00 bits per heavy atom. The molecule has 1 aromatic rings. The van der Waals surface area contributed by atoms with E-state index >= 15 is 0 Å². The Morgan fingerprint density at radius 3 is 2.68 bits per heavy atom. The summed E-state index contributed by atoms with van der Waals surface area (Å²) in [4.78, 5) is 4.99. The van der Waals surface area contributed by atoms with Crippen molar-refractivity contribution in [2.75, 3.05) is 24.5 Å². The first-order valence-electron chi connectivity index (χ1n) is 8.81. The lowest BCUT2D eigenvalue weighted by atomic mass is 9.80. The topological polar surface area (TPSA) is 6.48 Å². The van der Waals surface area contributed by atoms with Crippen molar-refractivity contribution in [1.82, 2.24) is 4.90 Å². The molecule has 0 spiro atoms. The SMILES string of the molecule is CCN1C[C@H](C2CN(C(C)C)c3cc(F)ccc32)CC[C@H]1C. The van der Waals surface area contributed by atoms with E-state index in [1.54, 1.807) is 12.1 Å². The van der Waals surface area contributed by atoms with Gasteiger partial charge in [-0.05, 0) is 63.8 Å². The van der Waals surface area contributed by atoms with Crippen LogP contribution in [0.25, 0.3) is 0 Å². The van der Waals surface area contributed by atoms with E-state index in [0.29, 0.717) is 23.9 Å². The molecule has 122 valence electrons. The smallest absolute Gasteiger partial charge is 0.125 e. The van der Waals surface area contributed by atoms with Crippen LogP contribution in [0, 0.1) is 11.7 Å². The van der Waals surface area contributed by atoms with Gasteiger partial charge in [-0.1, -0.05) is 13.0 Å². The fourth-order valence-electron chi connectivity index (χ4n) is 4.36. The molecule has 1 fully saturated rings. The summed E-state index contributed by atoms with van der Waals surface area (Å²) in [6.07, 6.45) is 2.58. The molecule has 3 atom stereocenters. The van der Waals surface area contributed by atoms with Crippen LogP contribution < -0.4 is 4.90 Å². The molecular weight excluding hydrogens is 275 g/mol. The van der Waals surface area contributed by atoms with E-state index in [4.69, 9.17) is 0 Å². The highest BCUT2D eigenvalue weighted by Gasteiger charge is 2.38. The van der Waals surface area contributed by atoms with Crippen molar-refractivity contribution >= 4 is 5.69 Å². The summed E-state index contributed by atoms with van der Waals surface area (Å²) < 4.78 is 13.7. The molecule has 3 heteroatoms.